The second-order valence-corrected chi connectivity index (χ2v) is 4.44. The zero-order valence-corrected chi connectivity index (χ0v) is 11.3. The molecule has 0 unspecified atom stereocenters. The molecule has 1 aromatic heterocycles. The van der Waals surface area contributed by atoms with E-state index >= 15 is 0 Å². The summed E-state index contributed by atoms with van der Waals surface area (Å²) in [6, 6.07) is 9.74. The van der Waals surface area contributed by atoms with E-state index in [0.717, 1.165) is 28.3 Å². The average molecular weight is 268 g/mol. The average Bonchev–Trinajstić information content (AvgIpc) is 2.48. The molecule has 4 heteroatoms. The van der Waals surface area contributed by atoms with Crippen LogP contribution in [0.15, 0.2) is 49.2 Å². The highest BCUT2D eigenvalue weighted by Crippen LogP contribution is 2.22. The van der Waals surface area contributed by atoms with Crippen molar-refractivity contribution in [3.05, 3.63) is 60.3 Å². The van der Waals surface area contributed by atoms with Crippen LogP contribution in [0.25, 0.3) is 11.1 Å². The standard InChI is InChI=1S/C16H16N2O2/c1-3-15(19)20-10-12-5-4-6-13(8-12)14-7-11(2)16(17)18-9-14/h3-9H,1,10H2,2H3,(H2,17,18). The van der Waals surface area contributed by atoms with Crippen molar-refractivity contribution in [3.63, 3.8) is 0 Å². The molecule has 0 spiro atoms. The van der Waals surface area contributed by atoms with Crippen LogP contribution in [0.1, 0.15) is 11.1 Å². The third-order valence-corrected chi connectivity index (χ3v) is 2.93. The molecule has 2 aromatic rings. The molecule has 0 fully saturated rings. The molecule has 1 heterocycles. The van der Waals surface area contributed by atoms with Crippen LogP contribution in [-0.2, 0) is 16.1 Å². The van der Waals surface area contributed by atoms with Gasteiger partial charge in [0.25, 0.3) is 0 Å². The fourth-order valence-electron chi connectivity index (χ4n) is 1.80. The lowest BCUT2D eigenvalue weighted by molar-refractivity contribution is -0.138. The van der Waals surface area contributed by atoms with Crippen molar-refractivity contribution in [1.29, 1.82) is 0 Å². The number of nitrogens with two attached hydrogens (primary N) is 1. The van der Waals surface area contributed by atoms with Crippen molar-refractivity contribution in [2.24, 2.45) is 0 Å². The monoisotopic (exact) mass is 268 g/mol. The van der Waals surface area contributed by atoms with Gasteiger partial charge in [0.05, 0.1) is 0 Å². The lowest BCUT2D eigenvalue weighted by Crippen LogP contribution is -2.00. The number of benzene rings is 1. The summed E-state index contributed by atoms with van der Waals surface area (Å²) < 4.78 is 5.02. The predicted molar refractivity (Wildman–Crippen MR) is 78.8 cm³/mol. The maximum Gasteiger partial charge on any atom is 0.330 e. The Kier molecular flexibility index (Phi) is 4.15. The molecule has 0 amide bonds. The normalized spacial score (nSPS) is 10.1. The van der Waals surface area contributed by atoms with Crippen molar-refractivity contribution in [2.75, 3.05) is 5.73 Å². The van der Waals surface area contributed by atoms with Gasteiger partial charge in [-0.05, 0) is 35.7 Å². The van der Waals surface area contributed by atoms with Gasteiger partial charge in [0.15, 0.2) is 0 Å². The van der Waals surface area contributed by atoms with Crippen LogP contribution in [0.4, 0.5) is 5.82 Å². The first kappa shape index (κ1) is 13.8. The smallest absolute Gasteiger partial charge is 0.330 e. The largest absolute Gasteiger partial charge is 0.458 e. The lowest BCUT2D eigenvalue weighted by atomic mass is 10.0. The molecule has 0 radical (unpaired) electrons. The first-order chi connectivity index (χ1) is 9.60. The molecule has 0 atom stereocenters. The van der Waals surface area contributed by atoms with Gasteiger partial charge in [-0.1, -0.05) is 24.8 Å². The Morgan fingerprint density at radius 3 is 2.90 bits per heavy atom. The SMILES string of the molecule is C=CC(=O)OCc1cccc(-c2cnc(N)c(C)c2)c1. The summed E-state index contributed by atoms with van der Waals surface area (Å²) in [6.45, 7) is 5.50. The molecular weight excluding hydrogens is 252 g/mol. The van der Waals surface area contributed by atoms with Gasteiger partial charge in [-0.3, -0.25) is 0 Å². The Morgan fingerprint density at radius 1 is 1.40 bits per heavy atom. The number of hydrogen-bond acceptors (Lipinski definition) is 4. The van der Waals surface area contributed by atoms with Gasteiger partial charge in [-0.2, -0.15) is 0 Å². The number of ether oxygens (including phenoxy) is 1. The van der Waals surface area contributed by atoms with E-state index in [2.05, 4.69) is 11.6 Å². The maximum absolute atomic E-state index is 11.1. The third-order valence-electron chi connectivity index (χ3n) is 2.93. The van der Waals surface area contributed by atoms with E-state index < -0.39 is 5.97 Å². The summed E-state index contributed by atoms with van der Waals surface area (Å²) in [5.41, 5.74) is 9.55. The number of hydrogen-bond donors (Lipinski definition) is 1. The molecule has 0 aliphatic heterocycles. The highest BCUT2D eigenvalue weighted by atomic mass is 16.5. The number of pyridine rings is 1. The zero-order chi connectivity index (χ0) is 14.5. The van der Waals surface area contributed by atoms with Crippen molar-refractivity contribution in [2.45, 2.75) is 13.5 Å². The second-order valence-electron chi connectivity index (χ2n) is 4.44. The number of carbonyl (C=O) groups is 1. The van der Waals surface area contributed by atoms with E-state index in [4.69, 9.17) is 10.5 Å². The summed E-state index contributed by atoms with van der Waals surface area (Å²) in [5, 5.41) is 0. The quantitative estimate of drug-likeness (QED) is 0.684. The number of carbonyl (C=O) groups excluding carboxylic acids is 1. The molecule has 4 nitrogen and oxygen atoms in total. The van der Waals surface area contributed by atoms with Crippen LogP contribution < -0.4 is 5.73 Å². The Balaban J connectivity index is 2.22. The molecule has 102 valence electrons. The molecule has 20 heavy (non-hydrogen) atoms. The molecule has 0 saturated heterocycles. The van der Waals surface area contributed by atoms with Gasteiger partial charge >= 0.3 is 5.97 Å². The van der Waals surface area contributed by atoms with Crippen molar-refractivity contribution in [1.82, 2.24) is 4.98 Å². The topological polar surface area (TPSA) is 65.2 Å². The molecule has 0 aliphatic carbocycles. The van der Waals surface area contributed by atoms with E-state index in [9.17, 15) is 4.79 Å². The zero-order valence-electron chi connectivity index (χ0n) is 11.3. The summed E-state index contributed by atoms with van der Waals surface area (Å²) in [4.78, 5) is 15.2. The first-order valence-corrected chi connectivity index (χ1v) is 6.21. The molecule has 1 aromatic carbocycles. The number of nitrogens with zero attached hydrogens (tertiary/aromatic N) is 1. The first-order valence-electron chi connectivity index (χ1n) is 6.21. The number of esters is 1. The van der Waals surface area contributed by atoms with Crippen LogP contribution in [0.5, 0.6) is 0 Å². The lowest BCUT2D eigenvalue weighted by Gasteiger charge is -2.07. The number of aryl methyl sites for hydroxylation is 1. The summed E-state index contributed by atoms with van der Waals surface area (Å²) in [5.74, 6) is 0.102. The van der Waals surface area contributed by atoms with Crippen LogP contribution in [-0.4, -0.2) is 11.0 Å². The van der Waals surface area contributed by atoms with Crippen molar-refractivity contribution >= 4 is 11.8 Å². The fraction of sp³-hybridized carbons (Fsp3) is 0.125. The number of rotatable bonds is 4. The fourth-order valence-corrected chi connectivity index (χ4v) is 1.80. The molecule has 2 N–H and O–H groups in total. The van der Waals surface area contributed by atoms with Crippen LogP contribution in [0, 0.1) is 6.92 Å². The van der Waals surface area contributed by atoms with Gasteiger partial charge in [0, 0.05) is 17.8 Å². The Hall–Kier alpha value is -2.62. The Morgan fingerprint density at radius 2 is 2.20 bits per heavy atom. The molecule has 0 aliphatic rings. The third kappa shape index (κ3) is 3.23. The maximum atomic E-state index is 11.1. The Bertz CT molecular complexity index is 651. The summed E-state index contributed by atoms with van der Waals surface area (Å²) >= 11 is 0. The molecular formula is C16H16N2O2. The van der Waals surface area contributed by atoms with E-state index in [1.807, 2.05) is 37.3 Å². The number of nitrogen functional groups attached to an aromatic ring is 1. The van der Waals surface area contributed by atoms with E-state index in [1.165, 1.54) is 0 Å². The second kappa shape index (κ2) is 6.02. The van der Waals surface area contributed by atoms with Crippen LogP contribution in [0.2, 0.25) is 0 Å². The van der Waals surface area contributed by atoms with E-state index in [1.54, 1.807) is 6.20 Å². The van der Waals surface area contributed by atoms with Crippen molar-refractivity contribution in [3.8, 4) is 11.1 Å². The van der Waals surface area contributed by atoms with Gasteiger partial charge in [0.2, 0.25) is 0 Å². The minimum absolute atomic E-state index is 0.222. The molecule has 0 bridgehead atoms. The van der Waals surface area contributed by atoms with Crippen molar-refractivity contribution < 1.29 is 9.53 Å². The van der Waals surface area contributed by atoms with E-state index in [0.29, 0.717) is 5.82 Å². The minimum atomic E-state index is -0.430. The summed E-state index contributed by atoms with van der Waals surface area (Å²) in [6.07, 6.45) is 2.88. The van der Waals surface area contributed by atoms with Crippen LogP contribution >= 0.6 is 0 Å². The van der Waals surface area contributed by atoms with Gasteiger partial charge in [-0.15, -0.1) is 0 Å². The number of anilines is 1. The van der Waals surface area contributed by atoms with Gasteiger partial charge < -0.3 is 10.5 Å². The molecule has 0 saturated carbocycles. The molecule has 2 rings (SSSR count). The summed E-state index contributed by atoms with van der Waals surface area (Å²) in [7, 11) is 0. The Labute approximate surface area is 117 Å². The van der Waals surface area contributed by atoms with Crippen LogP contribution in [0.3, 0.4) is 0 Å². The predicted octanol–water partition coefficient (Wildman–Crippen LogP) is 2.87. The highest BCUT2D eigenvalue weighted by Gasteiger charge is 2.04. The highest BCUT2D eigenvalue weighted by molar-refractivity contribution is 5.81. The number of aromatic nitrogens is 1. The minimum Gasteiger partial charge on any atom is -0.458 e. The van der Waals surface area contributed by atoms with Gasteiger partial charge in [0.1, 0.15) is 12.4 Å². The van der Waals surface area contributed by atoms with Gasteiger partial charge in [-0.25, -0.2) is 9.78 Å². The van der Waals surface area contributed by atoms with E-state index in [-0.39, 0.29) is 6.61 Å².